The largest absolute Gasteiger partial charge is 0.466 e. The number of unbranched alkanes of at least 4 members (excludes halogenated alkanes) is 1. The Morgan fingerprint density at radius 2 is 1.92 bits per heavy atom. The number of aliphatic hydroxyl groups is 2. The molecule has 1 aliphatic heterocycles. The molecule has 2 aromatic heterocycles. The number of hydrogen-bond acceptors (Lipinski definition) is 11. The molecule has 3 rings (SSSR count). The third-order valence-corrected chi connectivity index (χ3v) is 5.33. The van der Waals surface area contributed by atoms with Crippen LogP contribution in [0.3, 0.4) is 0 Å². The average molecular weight is 508 g/mol. The fraction of sp³-hybridized carbons (Fsp3) is 0.652. The molecule has 13 heteroatoms. The van der Waals surface area contributed by atoms with Gasteiger partial charge in [-0.15, -0.1) is 0 Å². The summed E-state index contributed by atoms with van der Waals surface area (Å²) in [5.41, 5.74) is 0.186. The Morgan fingerprint density at radius 3 is 2.61 bits per heavy atom. The van der Waals surface area contributed by atoms with Gasteiger partial charge in [0.2, 0.25) is 5.91 Å². The number of amides is 1. The molecule has 1 saturated heterocycles. The van der Waals surface area contributed by atoms with Crippen molar-refractivity contribution < 1.29 is 38.8 Å². The number of nitrogens with zero attached hydrogens (tertiary/aromatic N) is 4. The van der Waals surface area contributed by atoms with Crippen molar-refractivity contribution in [2.24, 2.45) is 0 Å². The second-order valence-electron chi connectivity index (χ2n) is 9.47. The van der Waals surface area contributed by atoms with Crippen LogP contribution in [0, 0.1) is 0 Å². The maximum absolute atomic E-state index is 12.4. The van der Waals surface area contributed by atoms with E-state index >= 15 is 0 Å². The van der Waals surface area contributed by atoms with Gasteiger partial charge < -0.3 is 29.7 Å². The normalized spacial score (nSPS) is 19.9. The molecule has 2 aromatic rings. The predicted molar refractivity (Wildman–Crippen MR) is 125 cm³/mol. The zero-order valence-electron chi connectivity index (χ0n) is 20.7. The van der Waals surface area contributed by atoms with Crippen LogP contribution >= 0.6 is 0 Å². The molecule has 1 aliphatic rings. The Morgan fingerprint density at radius 1 is 1.14 bits per heavy atom. The Bertz CT molecular complexity index is 1070. The Labute approximate surface area is 208 Å². The highest BCUT2D eigenvalue weighted by Crippen LogP contribution is 2.31. The van der Waals surface area contributed by atoms with Crippen LogP contribution in [-0.2, 0) is 28.6 Å². The fourth-order valence-electron chi connectivity index (χ4n) is 3.64. The zero-order valence-corrected chi connectivity index (χ0v) is 20.7. The number of ether oxygens (including phenoxy) is 3. The lowest BCUT2D eigenvalue weighted by molar-refractivity contribution is -0.155. The Balaban J connectivity index is 1.42. The summed E-state index contributed by atoms with van der Waals surface area (Å²) in [6.45, 7) is 5.24. The molecule has 0 aromatic carbocycles. The number of nitrogens with one attached hydrogen (secondary N) is 1. The first kappa shape index (κ1) is 27.4. The van der Waals surface area contributed by atoms with Gasteiger partial charge >= 0.3 is 11.9 Å². The molecule has 0 aliphatic carbocycles. The Hall–Kier alpha value is -3.16. The molecular formula is C23H33N5O8. The van der Waals surface area contributed by atoms with Gasteiger partial charge in [0.25, 0.3) is 0 Å². The molecule has 0 bridgehead atoms. The van der Waals surface area contributed by atoms with Gasteiger partial charge in [0.15, 0.2) is 17.0 Å². The first-order valence-corrected chi connectivity index (χ1v) is 11.9. The van der Waals surface area contributed by atoms with Crippen LogP contribution in [0.25, 0.3) is 11.2 Å². The standard InChI is InChI=1S/C23H33N5O8/c1-23(2,3)36-19(33)6-4-5-9-34-18(32)8-7-16(31)27-21-20-22(25-12-24-21)28(13-26-20)17-10-14(30)15(11-29)35-17/h12-15,17,29-30H,4-11H2,1-3H3,(H,24,25,27,31)/t14?,15-,17-/m1/s1. The lowest BCUT2D eigenvalue weighted by Gasteiger charge is -2.19. The van der Waals surface area contributed by atoms with Gasteiger partial charge in [-0.05, 0) is 33.6 Å². The number of fused-ring (bicyclic) bond motifs is 1. The minimum absolute atomic E-state index is 0.112. The summed E-state index contributed by atoms with van der Waals surface area (Å²) in [5.74, 6) is -1.08. The maximum atomic E-state index is 12.4. The van der Waals surface area contributed by atoms with Crippen molar-refractivity contribution in [1.82, 2.24) is 19.5 Å². The quantitative estimate of drug-likeness (QED) is 0.295. The summed E-state index contributed by atoms with van der Waals surface area (Å²) in [5, 5.41) is 21.9. The number of carbonyl (C=O) groups excluding carboxylic acids is 3. The van der Waals surface area contributed by atoms with Crippen LogP contribution in [0.5, 0.6) is 0 Å². The van der Waals surface area contributed by atoms with Gasteiger partial charge in [0.05, 0.1) is 32.1 Å². The number of aliphatic hydroxyl groups excluding tert-OH is 2. The minimum atomic E-state index is -0.816. The highest BCUT2D eigenvalue weighted by Gasteiger charge is 2.35. The maximum Gasteiger partial charge on any atom is 0.306 e. The molecule has 0 saturated carbocycles. The van der Waals surface area contributed by atoms with E-state index in [1.807, 2.05) is 0 Å². The van der Waals surface area contributed by atoms with Gasteiger partial charge in [0, 0.05) is 19.3 Å². The van der Waals surface area contributed by atoms with Crippen molar-refractivity contribution in [3.8, 4) is 0 Å². The highest BCUT2D eigenvalue weighted by atomic mass is 16.6. The third-order valence-electron chi connectivity index (χ3n) is 5.33. The molecule has 3 heterocycles. The van der Waals surface area contributed by atoms with Gasteiger partial charge in [-0.1, -0.05) is 0 Å². The lowest BCUT2D eigenvalue weighted by atomic mass is 10.2. The molecule has 0 radical (unpaired) electrons. The molecule has 1 fully saturated rings. The van der Waals surface area contributed by atoms with Crippen molar-refractivity contribution in [2.45, 2.75) is 83.3 Å². The SMILES string of the molecule is CC(C)(C)OC(=O)CCCCOC(=O)CCC(=O)Nc1ncnc2c1ncn2[C@H]1CC(O)[C@@H](CO)O1. The molecular weight excluding hydrogens is 474 g/mol. The van der Waals surface area contributed by atoms with E-state index < -0.39 is 35.9 Å². The summed E-state index contributed by atoms with van der Waals surface area (Å²) in [6, 6.07) is 0. The number of aromatic nitrogens is 4. The van der Waals surface area contributed by atoms with E-state index in [-0.39, 0.29) is 50.7 Å². The van der Waals surface area contributed by atoms with Gasteiger partial charge in [0.1, 0.15) is 24.3 Å². The van der Waals surface area contributed by atoms with E-state index in [9.17, 15) is 24.6 Å². The summed E-state index contributed by atoms with van der Waals surface area (Å²) in [6.07, 6.45) is 1.96. The molecule has 13 nitrogen and oxygen atoms in total. The van der Waals surface area contributed by atoms with Crippen LogP contribution in [-0.4, -0.2) is 78.6 Å². The highest BCUT2D eigenvalue weighted by molar-refractivity contribution is 5.97. The van der Waals surface area contributed by atoms with E-state index in [0.29, 0.717) is 24.0 Å². The minimum Gasteiger partial charge on any atom is -0.466 e. The molecule has 36 heavy (non-hydrogen) atoms. The fourth-order valence-corrected chi connectivity index (χ4v) is 3.64. The molecule has 198 valence electrons. The number of anilines is 1. The van der Waals surface area contributed by atoms with Crippen LogP contribution in [0.1, 0.15) is 65.5 Å². The summed E-state index contributed by atoms with van der Waals surface area (Å²) in [4.78, 5) is 48.5. The van der Waals surface area contributed by atoms with Crippen molar-refractivity contribution in [3.63, 3.8) is 0 Å². The predicted octanol–water partition coefficient (Wildman–Crippen LogP) is 1.24. The number of carbonyl (C=O) groups is 3. The lowest BCUT2D eigenvalue weighted by Crippen LogP contribution is -2.24. The van der Waals surface area contributed by atoms with Crippen molar-refractivity contribution in [3.05, 3.63) is 12.7 Å². The summed E-state index contributed by atoms with van der Waals surface area (Å²) >= 11 is 0. The number of imidazole rings is 1. The monoisotopic (exact) mass is 507 g/mol. The van der Waals surface area contributed by atoms with E-state index in [1.54, 1.807) is 25.3 Å². The Kier molecular flexibility index (Phi) is 9.29. The number of hydrogen-bond donors (Lipinski definition) is 3. The number of rotatable bonds is 11. The molecule has 3 atom stereocenters. The second-order valence-corrected chi connectivity index (χ2v) is 9.47. The molecule has 1 amide bonds. The molecule has 1 unspecified atom stereocenters. The first-order valence-electron chi connectivity index (χ1n) is 11.9. The number of esters is 2. The van der Waals surface area contributed by atoms with Gasteiger partial charge in [-0.25, -0.2) is 15.0 Å². The average Bonchev–Trinajstić information content (AvgIpc) is 3.40. The van der Waals surface area contributed by atoms with Crippen LogP contribution in [0.15, 0.2) is 12.7 Å². The summed E-state index contributed by atoms with van der Waals surface area (Å²) in [7, 11) is 0. The van der Waals surface area contributed by atoms with E-state index in [4.69, 9.17) is 14.2 Å². The van der Waals surface area contributed by atoms with E-state index in [0.717, 1.165) is 0 Å². The zero-order chi connectivity index (χ0) is 26.3. The topological polar surface area (TPSA) is 175 Å². The first-order chi connectivity index (χ1) is 17.1. The molecule has 0 spiro atoms. The van der Waals surface area contributed by atoms with Crippen LogP contribution in [0.4, 0.5) is 5.82 Å². The second kappa shape index (κ2) is 12.2. The molecule has 3 N–H and O–H groups in total. The van der Waals surface area contributed by atoms with E-state index in [2.05, 4.69) is 20.3 Å². The van der Waals surface area contributed by atoms with Gasteiger partial charge in [-0.2, -0.15) is 0 Å². The van der Waals surface area contributed by atoms with Crippen LogP contribution in [0.2, 0.25) is 0 Å². The van der Waals surface area contributed by atoms with Gasteiger partial charge in [-0.3, -0.25) is 19.0 Å². The van der Waals surface area contributed by atoms with Crippen molar-refractivity contribution in [1.29, 1.82) is 0 Å². The van der Waals surface area contributed by atoms with Crippen molar-refractivity contribution >= 4 is 34.8 Å². The summed E-state index contributed by atoms with van der Waals surface area (Å²) < 4.78 is 17.6. The van der Waals surface area contributed by atoms with Crippen molar-refractivity contribution in [2.75, 3.05) is 18.5 Å². The smallest absolute Gasteiger partial charge is 0.306 e. The van der Waals surface area contributed by atoms with E-state index in [1.165, 1.54) is 12.7 Å². The van der Waals surface area contributed by atoms with Crippen LogP contribution < -0.4 is 5.32 Å². The third kappa shape index (κ3) is 7.67.